The van der Waals surface area contributed by atoms with E-state index < -0.39 is 35.3 Å². The molecule has 1 saturated carbocycles. The van der Waals surface area contributed by atoms with Crippen molar-refractivity contribution in [1.82, 2.24) is 10.2 Å². The summed E-state index contributed by atoms with van der Waals surface area (Å²) in [7, 11) is 1.49. The molecule has 1 aliphatic heterocycles. The molecule has 218 valence electrons. The summed E-state index contributed by atoms with van der Waals surface area (Å²) in [5, 5.41) is 29.4. The third kappa shape index (κ3) is 5.76. The number of likely N-dealkylation sites (N-methyl/N-ethyl adjacent to an activating group) is 1. The van der Waals surface area contributed by atoms with Crippen molar-refractivity contribution in [3.05, 3.63) is 64.0 Å². The minimum Gasteiger partial charge on any atom is -0.396 e. The molecule has 1 amide bonds. The van der Waals surface area contributed by atoms with Crippen LogP contribution in [0.4, 0.5) is 23.2 Å². The number of anilines is 1. The molecule has 2 aromatic carbocycles. The van der Waals surface area contributed by atoms with Crippen LogP contribution < -0.4 is 10.2 Å². The van der Waals surface area contributed by atoms with Gasteiger partial charge in [0, 0.05) is 44.3 Å². The number of nitrogens with zero attached hydrogens (tertiary/aromatic N) is 2. The largest absolute Gasteiger partial charge is 0.416 e. The molecule has 2 aromatic rings. The highest BCUT2D eigenvalue weighted by Crippen LogP contribution is 2.41. The molecule has 4 N–H and O–H groups in total. The van der Waals surface area contributed by atoms with Crippen LogP contribution in [0.1, 0.15) is 79.5 Å². The number of benzene rings is 2. The first-order valence-corrected chi connectivity index (χ1v) is 13.3. The number of aliphatic hydroxyl groups is 1. The smallest absolute Gasteiger partial charge is 0.396 e. The number of fused-ring (bicyclic) bond motifs is 1. The van der Waals surface area contributed by atoms with E-state index >= 15 is 0 Å². The van der Waals surface area contributed by atoms with Gasteiger partial charge in [-0.3, -0.25) is 15.6 Å². The number of carbonyl (C=O) groups is 1. The lowest BCUT2D eigenvalue weighted by molar-refractivity contribution is -0.138. The van der Waals surface area contributed by atoms with Crippen LogP contribution in [0.2, 0.25) is 0 Å². The molecule has 0 aromatic heterocycles. The van der Waals surface area contributed by atoms with Gasteiger partial charge in [-0.1, -0.05) is 13.3 Å². The zero-order valence-corrected chi connectivity index (χ0v) is 22.8. The van der Waals surface area contributed by atoms with Gasteiger partial charge >= 0.3 is 6.18 Å². The van der Waals surface area contributed by atoms with E-state index in [1.807, 2.05) is 13.8 Å². The second-order valence-corrected chi connectivity index (χ2v) is 11.0. The molecule has 0 radical (unpaired) electrons. The first-order chi connectivity index (χ1) is 18.8. The van der Waals surface area contributed by atoms with Crippen LogP contribution in [0.5, 0.6) is 0 Å². The predicted molar refractivity (Wildman–Crippen MR) is 147 cm³/mol. The van der Waals surface area contributed by atoms with Crippen molar-refractivity contribution in [2.75, 3.05) is 18.6 Å². The van der Waals surface area contributed by atoms with Crippen molar-refractivity contribution >= 4 is 23.8 Å². The molecule has 0 spiro atoms. The lowest BCUT2D eigenvalue weighted by Crippen LogP contribution is -2.47. The molecular formula is C29H37F4N5O2. The SMILES string of the molecule is CCC(CO)[C@H](C(=N)N(C)C=N)c1cc(F)cc(N2Cc3c(cc(CNC4(C)CCC4)cc3C(F)(F)F)C2=O)c1.[HH]. The van der Waals surface area contributed by atoms with E-state index in [1.54, 1.807) is 0 Å². The second-order valence-electron chi connectivity index (χ2n) is 11.0. The number of alkyl halides is 3. The lowest BCUT2D eigenvalue weighted by Gasteiger charge is -2.39. The third-order valence-corrected chi connectivity index (χ3v) is 8.26. The Labute approximate surface area is 232 Å². The Balaban J connectivity index is 0.00000462. The maximum Gasteiger partial charge on any atom is 0.416 e. The maximum atomic E-state index is 15.0. The van der Waals surface area contributed by atoms with Gasteiger partial charge in [0.1, 0.15) is 11.7 Å². The van der Waals surface area contributed by atoms with Crippen molar-refractivity contribution in [2.45, 2.75) is 70.3 Å². The fourth-order valence-electron chi connectivity index (χ4n) is 5.58. The van der Waals surface area contributed by atoms with Crippen molar-refractivity contribution in [3.8, 4) is 0 Å². The average Bonchev–Trinajstić information content (AvgIpc) is 3.23. The number of halogens is 4. The lowest BCUT2D eigenvalue weighted by atomic mass is 9.78. The quantitative estimate of drug-likeness (QED) is 0.164. The number of amides is 1. The Morgan fingerprint density at radius 1 is 1.27 bits per heavy atom. The van der Waals surface area contributed by atoms with Crippen LogP contribution in [0.15, 0.2) is 30.3 Å². The first kappa shape index (κ1) is 29.7. The topological polar surface area (TPSA) is 104 Å². The average molecular weight is 564 g/mol. The zero-order chi connectivity index (χ0) is 29.4. The van der Waals surface area contributed by atoms with E-state index in [0.29, 0.717) is 12.0 Å². The minimum atomic E-state index is -4.68. The number of carbonyl (C=O) groups excluding carboxylic acids is 1. The first-order valence-electron chi connectivity index (χ1n) is 13.3. The van der Waals surface area contributed by atoms with Gasteiger partial charge in [0.15, 0.2) is 0 Å². The molecule has 2 atom stereocenters. The molecule has 0 saturated heterocycles. The summed E-state index contributed by atoms with van der Waals surface area (Å²) in [6, 6.07) is 6.33. The van der Waals surface area contributed by atoms with Crippen molar-refractivity contribution in [1.29, 1.82) is 10.8 Å². The summed E-state index contributed by atoms with van der Waals surface area (Å²) in [4.78, 5) is 15.9. The Bertz CT molecular complexity index is 1310. The van der Waals surface area contributed by atoms with Crippen LogP contribution in [-0.2, 0) is 19.3 Å². The van der Waals surface area contributed by atoms with E-state index in [-0.39, 0.29) is 54.9 Å². The van der Waals surface area contributed by atoms with Gasteiger partial charge in [-0.05, 0) is 79.1 Å². The fourth-order valence-corrected chi connectivity index (χ4v) is 5.58. The van der Waals surface area contributed by atoms with Crippen molar-refractivity contribution in [3.63, 3.8) is 0 Å². The van der Waals surface area contributed by atoms with Gasteiger partial charge in [0.25, 0.3) is 5.91 Å². The molecule has 1 aliphatic carbocycles. The van der Waals surface area contributed by atoms with Crippen LogP contribution >= 0.6 is 0 Å². The number of aliphatic hydroxyl groups excluding tert-OH is 1. The number of rotatable bonds is 10. The van der Waals surface area contributed by atoms with Crippen LogP contribution in [0.25, 0.3) is 0 Å². The van der Waals surface area contributed by atoms with Crippen molar-refractivity contribution < 1.29 is 28.9 Å². The van der Waals surface area contributed by atoms with Gasteiger partial charge in [-0.25, -0.2) is 4.39 Å². The summed E-state index contributed by atoms with van der Waals surface area (Å²) in [5.41, 5.74) is -0.533. The standard InChI is InChI=1S/C29H35F4N5O2.H2/c1-4-18(15-39)25(26(35)37(3)16-34)19-10-20(30)12-21(11-19)38-14-23-22(27(38)40)8-17(9-24(23)29(31,32)33)13-36-28(2)6-5-7-28;/h8-12,16,18,25,34-36,39H,4-7,13-15H2,1-3H3;1H/t18?,25-;/m0./s1. The van der Waals surface area contributed by atoms with Gasteiger partial charge in [-0.15, -0.1) is 0 Å². The van der Waals surface area contributed by atoms with Gasteiger partial charge < -0.3 is 20.2 Å². The molecule has 1 unspecified atom stereocenters. The number of hydrogen-bond donors (Lipinski definition) is 4. The maximum absolute atomic E-state index is 15.0. The Kier molecular flexibility index (Phi) is 8.37. The third-order valence-electron chi connectivity index (χ3n) is 8.26. The molecule has 1 heterocycles. The molecule has 0 bridgehead atoms. The second kappa shape index (κ2) is 11.3. The summed E-state index contributed by atoms with van der Waals surface area (Å²) >= 11 is 0. The molecule has 11 heteroatoms. The molecule has 7 nitrogen and oxygen atoms in total. The normalized spacial score (nSPS) is 17.7. The minimum absolute atomic E-state index is 0. The van der Waals surface area contributed by atoms with Crippen LogP contribution in [0.3, 0.4) is 0 Å². The van der Waals surface area contributed by atoms with Crippen molar-refractivity contribution in [2.24, 2.45) is 5.92 Å². The molecular weight excluding hydrogens is 526 g/mol. The summed E-state index contributed by atoms with van der Waals surface area (Å²) in [5.74, 6) is -2.74. The summed E-state index contributed by atoms with van der Waals surface area (Å²) in [6.45, 7) is 3.34. The Morgan fingerprint density at radius 2 is 1.98 bits per heavy atom. The summed E-state index contributed by atoms with van der Waals surface area (Å²) < 4.78 is 57.4. The van der Waals surface area contributed by atoms with E-state index in [2.05, 4.69) is 5.32 Å². The predicted octanol–water partition coefficient (Wildman–Crippen LogP) is 5.90. The van der Waals surface area contributed by atoms with Gasteiger partial charge in [0.2, 0.25) is 0 Å². The highest BCUT2D eigenvalue weighted by atomic mass is 19.4. The highest BCUT2D eigenvalue weighted by molar-refractivity contribution is 6.10. The number of amidine groups is 1. The van der Waals surface area contributed by atoms with Crippen LogP contribution in [-0.4, -0.2) is 47.3 Å². The molecule has 40 heavy (non-hydrogen) atoms. The van der Waals surface area contributed by atoms with E-state index in [1.165, 1.54) is 30.1 Å². The van der Waals surface area contributed by atoms with E-state index in [9.17, 15) is 27.5 Å². The Hall–Kier alpha value is -3.31. The highest BCUT2D eigenvalue weighted by Gasteiger charge is 2.41. The number of nitrogens with one attached hydrogen (secondary N) is 3. The Morgan fingerprint density at radius 3 is 2.52 bits per heavy atom. The van der Waals surface area contributed by atoms with Gasteiger partial charge in [-0.2, -0.15) is 13.2 Å². The fraction of sp³-hybridized carbons (Fsp3) is 0.483. The molecule has 1 fully saturated rings. The molecule has 4 rings (SSSR count). The van der Waals surface area contributed by atoms with Gasteiger partial charge in [0.05, 0.1) is 18.4 Å². The monoisotopic (exact) mass is 563 g/mol. The summed E-state index contributed by atoms with van der Waals surface area (Å²) in [6.07, 6.45) is -0.391. The van der Waals surface area contributed by atoms with E-state index in [4.69, 9.17) is 10.8 Å². The number of hydrogen-bond acceptors (Lipinski definition) is 5. The zero-order valence-electron chi connectivity index (χ0n) is 22.8. The van der Waals surface area contributed by atoms with Crippen LogP contribution in [0, 0.1) is 22.6 Å². The molecule has 2 aliphatic rings. The van der Waals surface area contributed by atoms with E-state index in [0.717, 1.165) is 42.6 Å².